The van der Waals surface area contributed by atoms with E-state index in [1.807, 2.05) is 0 Å². The Morgan fingerprint density at radius 3 is 2.69 bits per heavy atom. The second-order valence-electron chi connectivity index (χ2n) is 8.08. The van der Waals surface area contributed by atoms with Crippen molar-refractivity contribution in [2.24, 2.45) is 0 Å². The van der Waals surface area contributed by atoms with Gasteiger partial charge < -0.3 is 42.8 Å². The fourth-order valence-electron chi connectivity index (χ4n) is 3.70. The molecule has 3 N–H and O–H groups in total. The molecule has 3 heterocycles. The van der Waals surface area contributed by atoms with Crippen LogP contribution in [0.25, 0.3) is 11.0 Å². The van der Waals surface area contributed by atoms with Gasteiger partial charge >= 0.3 is 17.7 Å². The van der Waals surface area contributed by atoms with E-state index in [0.717, 1.165) is 12.3 Å². The van der Waals surface area contributed by atoms with E-state index in [0.29, 0.717) is 27.0 Å². The van der Waals surface area contributed by atoms with E-state index in [4.69, 9.17) is 28.3 Å². The molecule has 0 aliphatic carbocycles. The number of halogens is 2. The van der Waals surface area contributed by atoms with Crippen LogP contribution in [0.2, 0.25) is 0 Å². The first-order valence-electron chi connectivity index (χ1n) is 10.9. The van der Waals surface area contributed by atoms with Crippen LogP contribution >= 0.6 is 7.82 Å². The van der Waals surface area contributed by atoms with Gasteiger partial charge in [-0.15, -0.1) is 0 Å². The predicted molar refractivity (Wildman–Crippen MR) is 122 cm³/mol. The van der Waals surface area contributed by atoms with Gasteiger partial charge in [0.25, 0.3) is 7.82 Å². The standard InChI is InChI=1S/C21H22F2N3O12P/c1-33-11-5-10-6-12(37-16(10)13(7-11)34-2)8-35-20(29)25-15-3-4-26(19(28)24-15)18-21(22,23)17(27)14(38-18)9-36-39(30,31)32/h3-7,14,17-18,27H,8-9H2,1-2H3,(H2,30,31,32)(H,24,25,28,29)/p-1/t14-,17-,18-/m1/s1. The monoisotopic (exact) mass is 576 g/mol. The summed E-state index contributed by atoms with van der Waals surface area (Å²) in [4.78, 5) is 47.4. The van der Waals surface area contributed by atoms with Gasteiger partial charge in [0.2, 0.25) is 6.23 Å². The number of furan rings is 1. The van der Waals surface area contributed by atoms with Crippen LogP contribution in [-0.2, 0) is 25.2 Å². The fraction of sp³-hybridized carbons (Fsp3) is 0.381. The molecule has 4 rings (SSSR count). The molecule has 1 fully saturated rings. The Balaban J connectivity index is 1.40. The van der Waals surface area contributed by atoms with Gasteiger partial charge in [0.05, 0.1) is 20.8 Å². The third-order valence-corrected chi connectivity index (χ3v) is 5.98. The molecule has 0 saturated carbocycles. The molecule has 1 saturated heterocycles. The van der Waals surface area contributed by atoms with E-state index >= 15 is 0 Å². The van der Waals surface area contributed by atoms with Crippen LogP contribution in [-0.4, -0.2) is 64.6 Å². The molecule has 18 heteroatoms. The quantitative estimate of drug-likeness (QED) is 0.306. The molecular weight excluding hydrogens is 555 g/mol. The number of carbonyl (C=O) groups excluding carboxylic acids is 1. The number of methoxy groups -OCH3 is 2. The van der Waals surface area contributed by atoms with Crippen molar-refractivity contribution >= 4 is 30.7 Å². The second-order valence-corrected chi connectivity index (χ2v) is 9.27. The van der Waals surface area contributed by atoms with Gasteiger partial charge in [0.15, 0.2) is 24.0 Å². The molecular formula is C21H21F2N3O12P-. The average molecular weight is 576 g/mol. The molecule has 2 aromatic heterocycles. The van der Waals surface area contributed by atoms with Gasteiger partial charge in [0.1, 0.15) is 23.4 Å². The molecule has 4 atom stereocenters. The highest BCUT2D eigenvalue weighted by molar-refractivity contribution is 7.44. The van der Waals surface area contributed by atoms with Gasteiger partial charge in [0, 0.05) is 17.6 Å². The summed E-state index contributed by atoms with van der Waals surface area (Å²) in [5, 5.41) is 12.6. The smallest absolute Gasteiger partial charge is 0.413 e. The highest BCUT2D eigenvalue weighted by Gasteiger charge is 2.59. The van der Waals surface area contributed by atoms with Crippen LogP contribution in [0, 0.1) is 0 Å². The predicted octanol–water partition coefficient (Wildman–Crippen LogP) is 1.13. The van der Waals surface area contributed by atoms with Crippen LogP contribution in [0.5, 0.6) is 11.5 Å². The van der Waals surface area contributed by atoms with Crippen molar-refractivity contribution in [2.45, 2.75) is 31.0 Å². The number of benzene rings is 1. The average Bonchev–Trinajstić information content (AvgIpc) is 3.38. The van der Waals surface area contributed by atoms with Gasteiger partial charge in [-0.2, -0.15) is 13.8 Å². The normalized spacial score (nSPS) is 21.9. The number of rotatable bonds is 9. The van der Waals surface area contributed by atoms with E-state index in [1.54, 1.807) is 18.2 Å². The lowest BCUT2D eigenvalue weighted by Crippen LogP contribution is -2.42. The highest BCUT2D eigenvalue weighted by Crippen LogP contribution is 2.43. The van der Waals surface area contributed by atoms with Crippen molar-refractivity contribution in [1.82, 2.24) is 9.55 Å². The molecule has 0 radical (unpaired) electrons. The minimum Gasteiger partial charge on any atom is -0.756 e. The number of phosphoric ester groups is 1. The summed E-state index contributed by atoms with van der Waals surface area (Å²) < 4.78 is 70.1. The first kappa shape index (κ1) is 28.4. The number of amides is 1. The van der Waals surface area contributed by atoms with Crippen LogP contribution in [0.1, 0.15) is 12.0 Å². The molecule has 1 aliphatic heterocycles. The molecule has 0 spiro atoms. The van der Waals surface area contributed by atoms with E-state index in [2.05, 4.69) is 14.8 Å². The Morgan fingerprint density at radius 1 is 1.31 bits per heavy atom. The Bertz CT molecular complexity index is 1470. The molecule has 15 nitrogen and oxygen atoms in total. The third-order valence-electron chi connectivity index (χ3n) is 5.50. The molecule has 3 aromatic rings. The first-order valence-corrected chi connectivity index (χ1v) is 12.4. The summed E-state index contributed by atoms with van der Waals surface area (Å²) >= 11 is 0. The van der Waals surface area contributed by atoms with Crippen molar-refractivity contribution in [1.29, 1.82) is 0 Å². The highest BCUT2D eigenvalue weighted by atomic mass is 31.2. The lowest BCUT2D eigenvalue weighted by molar-refractivity contribution is -0.222. The number of nitrogens with one attached hydrogen (secondary N) is 1. The van der Waals surface area contributed by atoms with Crippen LogP contribution in [0.15, 0.2) is 39.7 Å². The van der Waals surface area contributed by atoms with Crippen molar-refractivity contribution in [3.8, 4) is 11.5 Å². The van der Waals surface area contributed by atoms with Crippen molar-refractivity contribution in [3.05, 3.63) is 46.7 Å². The van der Waals surface area contributed by atoms with E-state index in [9.17, 15) is 32.9 Å². The Labute approximate surface area is 217 Å². The Kier molecular flexibility index (Phi) is 7.92. The maximum Gasteiger partial charge on any atom is 0.413 e. The number of nitrogens with zero attached hydrogens (tertiary/aromatic N) is 2. The van der Waals surface area contributed by atoms with Gasteiger partial charge in [-0.1, -0.05) is 0 Å². The number of ether oxygens (including phenoxy) is 4. The summed E-state index contributed by atoms with van der Waals surface area (Å²) in [5.41, 5.74) is -0.910. The number of hydrogen-bond acceptors (Lipinski definition) is 12. The molecule has 1 aliphatic rings. The molecule has 0 bridgehead atoms. The maximum absolute atomic E-state index is 14.5. The number of hydrogen-bond donors (Lipinski definition) is 3. The van der Waals surface area contributed by atoms with Gasteiger partial charge in [-0.05, 0) is 18.2 Å². The number of aliphatic hydroxyl groups is 1. The van der Waals surface area contributed by atoms with Gasteiger partial charge in [-0.3, -0.25) is 14.4 Å². The molecule has 1 aromatic carbocycles. The van der Waals surface area contributed by atoms with E-state index in [-0.39, 0.29) is 18.2 Å². The minimum absolute atomic E-state index is 0.252. The summed E-state index contributed by atoms with van der Waals surface area (Å²) in [6.07, 6.45) is -7.11. The number of aliphatic hydroxyl groups excluding tert-OH is 1. The third kappa shape index (κ3) is 6.19. The Morgan fingerprint density at radius 2 is 2.05 bits per heavy atom. The zero-order valence-corrected chi connectivity index (χ0v) is 21.0. The number of aromatic nitrogens is 2. The number of fused-ring (bicyclic) bond motifs is 1. The lowest BCUT2D eigenvalue weighted by Gasteiger charge is -2.21. The van der Waals surface area contributed by atoms with Crippen LogP contribution < -0.4 is 25.4 Å². The van der Waals surface area contributed by atoms with Crippen molar-refractivity contribution in [2.75, 3.05) is 26.1 Å². The maximum atomic E-state index is 14.5. The van der Waals surface area contributed by atoms with Crippen LogP contribution in [0.4, 0.5) is 19.4 Å². The number of alkyl halides is 2. The zero-order valence-electron chi connectivity index (χ0n) is 20.1. The first-order chi connectivity index (χ1) is 18.3. The minimum atomic E-state index is -5.28. The molecule has 39 heavy (non-hydrogen) atoms. The van der Waals surface area contributed by atoms with Crippen molar-refractivity contribution < 1.29 is 60.9 Å². The van der Waals surface area contributed by atoms with E-state index < -0.39 is 50.6 Å². The van der Waals surface area contributed by atoms with Crippen LogP contribution in [0.3, 0.4) is 0 Å². The fourth-order valence-corrected chi connectivity index (χ4v) is 4.04. The lowest BCUT2D eigenvalue weighted by atomic mass is 10.1. The summed E-state index contributed by atoms with van der Waals surface area (Å²) in [6, 6.07) is 5.87. The Hall–Kier alpha value is -3.60. The zero-order chi connectivity index (χ0) is 28.5. The summed E-state index contributed by atoms with van der Waals surface area (Å²) in [6.45, 7) is -1.46. The summed E-state index contributed by atoms with van der Waals surface area (Å²) in [5.74, 6) is -3.26. The second kappa shape index (κ2) is 10.9. The number of carbonyl (C=O) groups is 1. The number of phosphoric acid groups is 1. The molecule has 1 amide bonds. The van der Waals surface area contributed by atoms with Crippen molar-refractivity contribution in [3.63, 3.8) is 0 Å². The van der Waals surface area contributed by atoms with E-state index in [1.165, 1.54) is 14.2 Å². The van der Waals surface area contributed by atoms with Gasteiger partial charge in [-0.25, -0.2) is 9.59 Å². The largest absolute Gasteiger partial charge is 0.756 e. The number of anilines is 1. The SMILES string of the molecule is COc1cc(OC)c2oc(COC(=O)Nc3ccn([C@@H]4O[C@H](COP(=O)([O-])O)[C@@H](O)C4(F)F)c(=O)n3)cc2c1. The molecule has 1 unspecified atom stereocenters. The summed E-state index contributed by atoms with van der Waals surface area (Å²) in [7, 11) is -2.36. The topological polar surface area (TPSA) is 204 Å². The molecule has 212 valence electrons.